The average molecular weight is 446 g/mol. The van der Waals surface area contributed by atoms with E-state index in [1.165, 1.54) is 11.3 Å². The molecular formula is C18H21N4O2SY-. The molecule has 6 nitrogen and oxygen atoms in total. The third kappa shape index (κ3) is 6.00. The molecule has 1 radical (unpaired) electrons. The van der Waals surface area contributed by atoms with Gasteiger partial charge in [-0.3, -0.25) is 4.79 Å². The molecule has 0 spiro atoms. The van der Waals surface area contributed by atoms with E-state index in [1.54, 1.807) is 25.5 Å². The molecule has 0 aromatic carbocycles. The minimum absolute atomic E-state index is 0. The molecule has 0 unspecified atom stereocenters. The van der Waals surface area contributed by atoms with Gasteiger partial charge in [-0.05, 0) is 17.5 Å². The van der Waals surface area contributed by atoms with Crippen molar-refractivity contribution in [2.24, 2.45) is 0 Å². The summed E-state index contributed by atoms with van der Waals surface area (Å²) in [5, 5.41) is 8.63. The van der Waals surface area contributed by atoms with Crippen LogP contribution in [0.4, 0.5) is 0 Å². The molecule has 0 aliphatic rings. The second kappa shape index (κ2) is 9.95. The zero-order chi connectivity index (χ0) is 18.4. The Morgan fingerprint density at radius 1 is 1.35 bits per heavy atom. The summed E-state index contributed by atoms with van der Waals surface area (Å²) in [6, 6.07) is 3.72. The maximum atomic E-state index is 12.4. The molecule has 2 aromatic rings. The molecule has 0 atom stereocenters. The first-order valence-electron chi connectivity index (χ1n) is 7.75. The third-order valence-corrected chi connectivity index (χ3v) is 4.20. The fourth-order valence-electron chi connectivity index (χ4n) is 2.18. The fraction of sp³-hybridized carbons (Fsp3) is 0.278. The number of nitrogens with zero attached hydrogens (tertiary/aromatic N) is 2. The Morgan fingerprint density at radius 3 is 2.62 bits per heavy atom. The molecular weight excluding hydrogens is 425 g/mol. The van der Waals surface area contributed by atoms with E-state index in [2.05, 4.69) is 41.4 Å². The minimum Gasteiger partial charge on any atom is -0.619 e. The van der Waals surface area contributed by atoms with Gasteiger partial charge in [0, 0.05) is 55.7 Å². The standard InChI is InChI=1S/C18H22N4O2S.Y/c1-18(2,3)16-14(20-11-21-16)9-15(19-4)17(24)22-12(10-23)8-13-6-5-7-25-13;/h5-11,19H,1-4H3,(H2,20,21,22,24);/p-1/b12-8-;. The molecule has 0 aliphatic carbocycles. The van der Waals surface area contributed by atoms with Gasteiger partial charge in [0.2, 0.25) is 0 Å². The number of likely N-dealkylation sites (N-methyl/N-ethyl adjacent to an activating group) is 1. The molecule has 2 heterocycles. The number of carbonyl (C=O) groups is 2. The number of amides is 1. The van der Waals surface area contributed by atoms with Crippen LogP contribution in [-0.2, 0) is 47.7 Å². The number of imidazole rings is 1. The van der Waals surface area contributed by atoms with E-state index in [-0.39, 0.29) is 49.5 Å². The predicted molar refractivity (Wildman–Crippen MR) is 101 cm³/mol. The van der Waals surface area contributed by atoms with Crippen molar-refractivity contribution in [2.75, 3.05) is 7.05 Å². The normalized spacial score (nSPS) is 12.3. The number of thiophene rings is 1. The van der Waals surface area contributed by atoms with E-state index in [1.807, 2.05) is 17.5 Å². The Labute approximate surface area is 182 Å². The van der Waals surface area contributed by atoms with Crippen LogP contribution in [0.3, 0.4) is 0 Å². The molecule has 0 bridgehead atoms. The first-order valence-corrected chi connectivity index (χ1v) is 8.63. The van der Waals surface area contributed by atoms with E-state index in [0.29, 0.717) is 12.0 Å². The van der Waals surface area contributed by atoms with Crippen LogP contribution >= 0.6 is 11.3 Å². The van der Waals surface area contributed by atoms with Crippen molar-refractivity contribution in [1.29, 1.82) is 0 Å². The number of carbonyl (C=O) groups excluding carboxylic acids is 2. The topological polar surface area (TPSA) is 88.9 Å². The molecule has 2 aromatic heterocycles. The summed E-state index contributed by atoms with van der Waals surface area (Å²) in [5.41, 5.74) is 1.77. The molecule has 1 amide bonds. The number of aromatic amines is 1. The molecule has 0 saturated heterocycles. The maximum absolute atomic E-state index is 12.4. The van der Waals surface area contributed by atoms with Crippen molar-refractivity contribution in [3.63, 3.8) is 0 Å². The van der Waals surface area contributed by atoms with Crippen LogP contribution in [0, 0.1) is 0 Å². The summed E-state index contributed by atoms with van der Waals surface area (Å²) < 4.78 is 0. The van der Waals surface area contributed by atoms with Crippen LogP contribution in [0.2, 0.25) is 0 Å². The van der Waals surface area contributed by atoms with Crippen LogP contribution in [0.25, 0.3) is 17.5 Å². The minimum atomic E-state index is -0.528. The van der Waals surface area contributed by atoms with E-state index in [4.69, 9.17) is 0 Å². The van der Waals surface area contributed by atoms with Crippen LogP contribution in [0.1, 0.15) is 37.0 Å². The Hall–Kier alpha value is -1.57. The molecule has 0 fully saturated rings. The fourth-order valence-corrected chi connectivity index (χ4v) is 2.84. The van der Waals surface area contributed by atoms with Crippen LogP contribution in [-0.4, -0.2) is 29.2 Å². The Kier molecular flexibility index (Phi) is 8.60. The molecule has 8 heteroatoms. The Bertz CT molecular complexity index is 802. The van der Waals surface area contributed by atoms with Gasteiger partial charge in [-0.15, -0.1) is 11.3 Å². The SMILES string of the molecule is CN/C(=C\c1nc[nH]c1C(C)(C)C)C(=O)[N-]/C(C=O)=C\c1cccs1.[Y]. The zero-order valence-electron chi connectivity index (χ0n) is 15.2. The quantitative estimate of drug-likeness (QED) is 0.526. The number of nitrogens with one attached hydrogen (secondary N) is 2. The van der Waals surface area contributed by atoms with Crippen molar-refractivity contribution >= 4 is 35.7 Å². The largest absolute Gasteiger partial charge is 0.619 e. The first-order chi connectivity index (χ1) is 11.8. The van der Waals surface area contributed by atoms with Crippen molar-refractivity contribution in [1.82, 2.24) is 15.3 Å². The van der Waals surface area contributed by atoms with Gasteiger partial charge in [-0.2, -0.15) is 0 Å². The summed E-state index contributed by atoms with van der Waals surface area (Å²) in [6.45, 7) is 6.16. The second-order valence-corrected chi connectivity index (χ2v) is 7.32. The summed E-state index contributed by atoms with van der Waals surface area (Å²) in [4.78, 5) is 31.9. The van der Waals surface area contributed by atoms with Gasteiger partial charge >= 0.3 is 0 Å². The van der Waals surface area contributed by atoms with Crippen LogP contribution < -0.4 is 5.32 Å². The average Bonchev–Trinajstić information content (AvgIpc) is 3.22. The van der Waals surface area contributed by atoms with E-state index in [0.717, 1.165) is 10.6 Å². The van der Waals surface area contributed by atoms with Gasteiger partial charge in [0.1, 0.15) is 12.2 Å². The third-order valence-electron chi connectivity index (χ3n) is 3.38. The first kappa shape index (κ1) is 22.5. The summed E-state index contributed by atoms with van der Waals surface area (Å²) >= 11 is 1.47. The predicted octanol–water partition coefficient (Wildman–Crippen LogP) is 3.47. The van der Waals surface area contributed by atoms with Gasteiger partial charge in [0.15, 0.2) is 0 Å². The van der Waals surface area contributed by atoms with Gasteiger partial charge in [-0.1, -0.05) is 38.6 Å². The maximum Gasteiger partial charge on any atom is 0.128 e. The monoisotopic (exact) mass is 446 g/mol. The molecule has 2 rings (SSSR count). The van der Waals surface area contributed by atoms with Gasteiger partial charge in [0.05, 0.1) is 17.7 Å². The zero-order valence-corrected chi connectivity index (χ0v) is 18.9. The Balaban J connectivity index is 0.00000338. The van der Waals surface area contributed by atoms with Crippen molar-refractivity contribution in [2.45, 2.75) is 26.2 Å². The van der Waals surface area contributed by atoms with Crippen molar-refractivity contribution in [3.8, 4) is 0 Å². The molecule has 0 saturated carbocycles. The van der Waals surface area contributed by atoms with Crippen LogP contribution in [0.15, 0.2) is 35.2 Å². The van der Waals surface area contributed by atoms with Crippen molar-refractivity contribution in [3.05, 3.63) is 56.8 Å². The molecule has 26 heavy (non-hydrogen) atoms. The molecule has 2 N–H and O–H groups in total. The number of aldehydes is 1. The van der Waals surface area contributed by atoms with Gasteiger partial charge in [-0.25, -0.2) is 4.98 Å². The number of allylic oxidation sites excluding steroid dienone is 1. The van der Waals surface area contributed by atoms with Crippen molar-refractivity contribution < 1.29 is 42.3 Å². The second-order valence-electron chi connectivity index (χ2n) is 6.34. The van der Waals surface area contributed by atoms with Gasteiger partial charge in [0.25, 0.3) is 0 Å². The van der Waals surface area contributed by atoms with E-state index >= 15 is 0 Å². The number of hydrogen-bond acceptors (Lipinski definition) is 5. The van der Waals surface area contributed by atoms with Gasteiger partial charge < -0.3 is 20.4 Å². The van der Waals surface area contributed by atoms with Crippen LogP contribution in [0.5, 0.6) is 0 Å². The number of rotatable bonds is 6. The van der Waals surface area contributed by atoms with E-state index < -0.39 is 5.91 Å². The molecule has 0 aliphatic heterocycles. The Morgan fingerprint density at radius 2 is 2.08 bits per heavy atom. The molecule has 135 valence electrons. The summed E-state index contributed by atoms with van der Waals surface area (Å²) in [6.07, 6.45) is 5.38. The smallest absolute Gasteiger partial charge is 0.128 e. The van der Waals surface area contributed by atoms with E-state index in [9.17, 15) is 9.59 Å². The summed E-state index contributed by atoms with van der Waals surface area (Å²) in [7, 11) is 1.63. The number of aromatic nitrogens is 2. The number of hydrogen-bond donors (Lipinski definition) is 2. The number of H-pyrrole nitrogens is 1. The summed E-state index contributed by atoms with van der Waals surface area (Å²) in [5.74, 6) is -0.528.